The van der Waals surface area contributed by atoms with Gasteiger partial charge in [-0.2, -0.15) is 0 Å². The minimum absolute atomic E-state index is 0.237. The molecule has 0 heterocycles. The van der Waals surface area contributed by atoms with E-state index in [1.807, 2.05) is 18.4 Å². The minimum Gasteiger partial charge on any atom is -0.480 e. The zero-order valence-corrected chi connectivity index (χ0v) is 9.75. The van der Waals surface area contributed by atoms with Gasteiger partial charge in [0.1, 0.15) is 6.04 Å². The molecule has 0 bridgehead atoms. The fraction of sp³-hybridized carbons (Fsp3) is 0.250. The van der Waals surface area contributed by atoms with Crippen LogP contribution in [0, 0.1) is 12.3 Å². The van der Waals surface area contributed by atoms with Gasteiger partial charge in [0, 0.05) is 4.90 Å². The first kappa shape index (κ1) is 12.6. The van der Waals surface area contributed by atoms with Crippen molar-refractivity contribution >= 4 is 17.7 Å². The van der Waals surface area contributed by atoms with Gasteiger partial charge in [-0.1, -0.05) is 18.1 Å². The summed E-state index contributed by atoms with van der Waals surface area (Å²) < 4.78 is 0. The van der Waals surface area contributed by atoms with Crippen molar-refractivity contribution < 1.29 is 9.90 Å². The topological polar surface area (TPSA) is 49.3 Å². The van der Waals surface area contributed by atoms with Crippen molar-refractivity contribution in [3.05, 3.63) is 29.8 Å². The summed E-state index contributed by atoms with van der Waals surface area (Å²) in [6.45, 7) is 0.237. The van der Waals surface area contributed by atoms with Crippen molar-refractivity contribution in [2.24, 2.45) is 0 Å². The van der Waals surface area contributed by atoms with Crippen molar-refractivity contribution in [1.29, 1.82) is 0 Å². The standard InChI is InChI=1S/C12H13NO2S/c1-3-8-13-11(12(14)15)9-4-6-10(16-2)7-5-9/h1,4-7,11,13H,8H2,2H3,(H,14,15). The quantitative estimate of drug-likeness (QED) is 0.603. The summed E-state index contributed by atoms with van der Waals surface area (Å²) in [6, 6.07) is 6.65. The van der Waals surface area contributed by atoms with Crippen LogP contribution >= 0.6 is 11.8 Å². The predicted molar refractivity (Wildman–Crippen MR) is 65.4 cm³/mol. The molecule has 84 valence electrons. The first-order valence-electron chi connectivity index (χ1n) is 4.72. The molecular formula is C12H13NO2S. The molecule has 1 atom stereocenters. The van der Waals surface area contributed by atoms with Crippen LogP contribution < -0.4 is 5.32 Å². The second-order valence-corrected chi connectivity index (χ2v) is 4.01. The molecule has 0 spiro atoms. The van der Waals surface area contributed by atoms with Crippen LogP contribution in [0.1, 0.15) is 11.6 Å². The van der Waals surface area contributed by atoms with Crippen LogP contribution in [0.25, 0.3) is 0 Å². The lowest BCUT2D eigenvalue weighted by atomic mass is 10.1. The molecule has 1 unspecified atom stereocenters. The fourth-order valence-electron chi connectivity index (χ4n) is 1.31. The number of terminal acetylenes is 1. The van der Waals surface area contributed by atoms with Crippen LogP contribution in [0.4, 0.5) is 0 Å². The average molecular weight is 235 g/mol. The van der Waals surface area contributed by atoms with E-state index in [4.69, 9.17) is 11.5 Å². The van der Waals surface area contributed by atoms with E-state index in [-0.39, 0.29) is 6.54 Å². The number of carboxylic acid groups (broad SMARTS) is 1. The lowest BCUT2D eigenvalue weighted by Gasteiger charge is -2.13. The van der Waals surface area contributed by atoms with Gasteiger partial charge >= 0.3 is 5.97 Å². The summed E-state index contributed by atoms with van der Waals surface area (Å²) in [5.41, 5.74) is 0.709. The van der Waals surface area contributed by atoms with E-state index in [1.54, 1.807) is 23.9 Å². The van der Waals surface area contributed by atoms with Gasteiger partial charge in [0.05, 0.1) is 6.54 Å². The molecule has 3 nitrogen and oxygen atoms in total. The Hall–Kier alpha value is -1.44. The number of hydrogen-bond acceptors (Lipinski definition) is 3. The van der Waals surface area contributed by atoms with Crippen LogP contribution in [0.5, 0.6) is 0 Å². The SMILES string of the molecule is C#CCNC(C(=O)O)c1ccc(SC)cc1. The Morgan fingerprint density at radius 1 is 1.56 bits per heavy atom. The molecule has 0 aliphatic heterocycles. The largest absolute Gasteiger partial charge is 0.480 e. The summed E-state index contributed by atoms with van der Waals surface area (Å²) in [7, 11) is 0. The lowest BCUT2D eigenvalue weighted by molar-refractivity contribution is -0.139. The van der Waals surface area contributed by atoms with E-state index in [1.165, 1.54) is 0 Å². The first-order chi connectivity index (χ1) is 7.69. The summed E-state index contributed by atoms with van der Waals surface area (Å²) >= 11 is 1.62. The molecule has 1 rings (SSSR count). The van der Waals surface area contributed by atoms with Crippen molar-refractivity contribution in [2.75, 3.05) is 12.8 Å². The number of nitrogens with one attached hydrogen (secondary N) is 1. The summed E-state index contributed by atoms with van der Waals surface area (Å²) in [4.78, 5) is 12.1. The van der Waals surface area contributed by atoms with Crippen LogP contribution in [0.15, 0.2) is 29.2 Å². The fourth-order valence-corrected chi connectivity index (χ4v) is 1.71. The van der Waals surface area contributed by atoms with Crippen molar-refractivity contribution in [1.82, 2.24) is 5.32 Å². The van der Waals surface area contributed by atoms with Gasteiger partial charge in [-0.3, -0.25) is 10.1 Å². The normalized spacial score (nSPS) is 11.8. The van der Waals surface area contributed by atoms with Gasteiger partial charge < -0.3 is 5.11 Å². The Bertz CT molecular complexity index is 394. The summed E-state index contributed by atoms with van der Waals surface area (Å²) in [6.07, 6.45) is 7.06. The number of aliphatic carboxylic acids is 1. The van der Waals surface area contributed by atoms with E-state index >= 15 is 0 Å². The number of benzene rings is 1. The number of carboxylic acids is 1. The zero-order chi connectivity index (χ0) is 12.0. The third kappa shape index (κ3) is 3.30. The Morgan fingerprint density at radius 3 is 2.62 bits per heavy atom. The molecule has 2 N–H and O–H groups in total. The monoisotopic (exact) mass is 235 g/mol. The van der Waals surface area contributed by atoms with Gasteiger partial charge in [0.2, 0.25) is 0 Å². The van der Waals surface area contributed by atoms with E-state index in [9.17, 15) is 4.79 Å². The van der Waals surface area contributed by atoms with Crippen LogP contribution in [0.3, 0.4) is 0 Å². The maximum Gasteiger partial charge on any atom is 0.325 e. The first-order valence-corrected chi connectivity index (χ1v) is 5.95. The van der Waals surface area contributed by atoms with Crippen LogP contribution in [-0.4, -0.2) is 23.9 Å². The molecule has 1 aromatic carbocycles. The summed E-state index contributed by atoms with van der Waals surface area (Å²) in [5, 5.41) is 11.8. The minimum atomic E-state index is -0.924. The third-order valence-electron chi connectivity index (χ3n) is 2.10. The predicted octanol–water partition coefficient (Wildman–Crippen LogP) is 1.76. The number of thioether (sulfide) groups is 1. The van der Waals surface area contributed by atoms with E-state index in [0.717, 1.165) is 4.90 Å². The number of carbonyl (C=O) groups is 1. The van der Waals surface area contributed by atoms with Gasteiger partial charge in [0.15, 0.2) is 0 Å². The smallest absolute Gasteiger partial charge is 0.325 e. The molecule has 0 fully saturated rings. The van der Waals surface area contributed by atoms with Gasteiger partial charge in [0.25, 0.3) is 0 Å². The highest BCUT2D eigenvalue weighted by molar-refractivity contribution is 7.98. The molecule has 0 aliphatic carbocycles. The average Bonchev–Trinajstić information content (AvgIpc) is 2.30. The molecule has 0 aromatic heterocycles. The lowest BCUT2D eigenvalue weighted by Crippen LogP contribution is -2.28. The highest BCUT2D eigenvalue weighted by Gasteiger charge is 2.18. The molecule has 16 heavy (non-hydrogen) atoms. The number of rotatable bonds is 5. The van der Waals surface area contributed by atoms with Gasteiger partial charge in [-0.25, -0.2) is 0 Å². The van der Waals surface area contributed by atoms with Gasteiger partial charge in [-0.05, 0) is 24.0 Å². The molecule has 1 aromatic rings. The maximum absolute atomic E-state index is 11.0. The van der Waals surface area contributed by atoms with Crippen LogP contribution in [0.2, 0.25) is 0 Å². The highest BCUT2D eigenvalue weighted by atomic mass is 32.2. The van der Waals surface area contributed by atoms with Crippen LogP contribution in [-0.2, 0) is 4.79 Å². The van der Waals surface area contributed by atoms with Gasteiger partial charge in [-0.15, -0.1) is 18.2 Å². The van der Waals surface area contributed by atoms with Crippen molar-refractivity contribution in [3.8, 4) is 12.3 Å². The molecule has 0 saturated heterocycles. The van der Waals surface area contributed by atoms with E-state index < -0.39 is 12.0 Å². The Morgan fingerprint density at radius 2 is 2.19 bits per heavy atom. The summed E-state index contributed by atoms with van der Waals surface area (Å²) in [5.74, 6) is 1.44. The van der Waals surface area contributed by atoms with Crippen molar-refractivity contribution in [3.63, 3.8) is 0 Å². The van der Waals surface area contributed by atoms with Crippen molar-refractivity contribution in [2.45, 2.75) is 10.9 Å². The Kier molecular flexibility index (Phi) is 4.90. The molecule has 0 amide bonds. The molecular weight excluding hydrogens is 222 g/mol. The maximum atomic E-state index is 11.0. The molecule has 4 heteroatoms. The van der Waals surface area contributed by atoms with E-state index in [0.29, 0.717) is 5.56 Å². The third-order valence-corrected chi connectivity index (χ3v) is 2.85. The second kappa shape index (κ2) is 6.21. The Labute approximate surface area is 99.2 Å². The highest BCUT2D eigenvalue weighted by Crippen LogP contribution is 2.19. The Balaban J connectivity index is 2.84. The number of hydrogen-bond donors (Lipinski definition) is 2. The second-order valence-electron chi connectivity index (χ2n) is 3.13. The zero-order valence-electron chi connectivity index (χ0n) is 8.93. The van der Waals surface area contributed by atoms with E-state index in [2.05, 4.69) is 11.2 Å². The molecule has 0 aliphatic rings. The molecule has 0 saturated carbocycles. The molecule has 0 radical (unpaired) electrons.